The van der Waals surface area contributed by atoms with Crippen molar-refractivity contribution in [1.82, 2.24) is 4.90 Å². The van der Waals surface area contributed by atoms with Gasteiger partial charge < -0.3 is 15.7 Å². The second-order valence-corrected chi connectivity index (χ2v) is 5.72. The van der Waals surface area contributed by atoms with Gasteiger partial charge in [0, 0.05) is 19.2 Å². The standard InChI is InChI=1S/C16H26N2O/c1-13-4-2-3-5-15(13)16(17)7-10-18-9-6-14(12-18)8-11-19/h2-5,14,16,19H,6-12,17H2,1H3. The Morgan fingerprint density at radius 1 is 1.42 bits per heavy atom. The normalized spacial score (nSPS) is 21.7. The highest BCUT2D eigenvalue weighted by Gasteiger charge is 2.22. The van der Waals surface area contributed by atoms with Crippen LogP contribution in [-0.4, -0.2) is 36.2 Å². The van der Waals surface area contributed by atoms with E-state index in [0.29, 0.717) is 12.5 Å². The van der Waals surface area contributed by atoms with Gasteiger partial charge in [0.15, 0.2) is 0 Å². The molecule has 3 nitrogen and oxygen atoms in total. The van der Waals surface area contributed by atoms with E-state index < -0.39 is 0 Å². The van der Waals surface area contributed by atoms with Crippen LogP contribution in [0.1, 0.15) is 36.4 Å². The molecule has 0 amide bonds. The summed E-state index contributed by atoms with van der Waals surface area (Å²) in [7, 11) is 0. The first-order valence-corrected chi connectivity index (χ1v) is 7.35. The van der Waals surface area contributed by atoms with E-state index in [9.17, 15) is 0 Å². The molecule has 0 saturated carbocycles. The fraction of sp³-hybridized carbons (Fsp3) is 0.625. The third-order valence-electron chi connectivity index (χ3n) is 4.25. The number of rotatable bonds is 6. The van der Waals surface area contributed by atoms with Crippen molar-refractivity contribution in [3.63, 3.8) is 0 Å². The second-order valence-electron chi connectivity index (χ2n) is 5.72. The maximum atomic E-state index is 8.97. The molecule has 19 heavy (non-hydrogen) atoms. The quantitative estimate of drug-likeness (QED) is 0.825. The van der Waals surface area contributed by atoms with Crippen LogP contribution in [0.2, 0.25) is 0 Å². The van der Waals surface area contributed by atoms with Crippen LogP contribution in [0, 0.1) is 12.8 Å². The molecule has 0 spiro atoms. The smallest absolute Gasteiger partial charge is 0.0434 e. The van der Waals surface area contributed by atoms with Gasteiger partial charge in [-0.3, -0.25) is 0 Å². The molecule has 1 saturated heterocycles. The molecule has 106 valence electrons. The van der Waals surface area contributed by atoms with E-state index in [2.05, 4.69) is 36.1 Å². The molecule has 1 aliphatic heterocycles. The Morgan fingerprint density at radius 3 is 2.95 bits per heavy atom. The van der Waals surface area contributed by atoms with E-state index in [1.165, 1.54) is 17.5 Å². The summed E-state index contributed by atoms with van der Waals surface area (Å²) < 4.78 is 0. The van der Waals surface area contributed by atoms with Gasteiger partial charge in [-0.05, 0) is 56.3 Å². The van der Waals surface area contributed by atoms with Gasteiger partial charge in [-0.2, -0.15) is 0 Å². The predicted molar refractivity (Wildman–Crippen MR) is 79.0 cm³/mol. The second kappa shape index (κ2) is 7.04. The molecule has 2 atom stereocenters. The lowest BCUT2D eigenvalue weighted by atomic mass is 9.99. The number of nitrogens with two attached hydrogens (primary N) is 1. The van der Waals surface area contributed by atoms with Gasteiger partial charge in [0.05, 0.1) is 0 Å². The molecule has 2 rings (SSSR count). The molecular formula is C16H26N2O. The lowest BCUT2D eigenvalue weighted by molar-refractivity contribution is 0.249. The van der Waals surface area contributed by atoms with Crippen LogP contribution < -0.4 is 5.73 Å². The topological polar surface area (TPSA) is 49.5 Å². The van der Waals surface area contributed by atoms with Crippen molar-refractivity contribution in [3.8, 4) is 0 Å². The summed E-state index contributed by atoms with van der Waals surface area (Å²) >= 11 is 0. The van der Waals surface area contributed by atoms with Crippen molar-refractivity contribution in [2.24, 2.45) is 11.7 Å². The van der Waals surface area contributed by atoms with Crippen molar-refractivity contribution in [3.05, 3.63) is 35.4 Å². The van der Waals surface area contributed by atoms with E-state index in [-0.39, 0.29) is 6.04 Å². The molecule has 0 bridgehead atoms. The Kier molecular flexibility index (Phi) is 5.37. The Morgan fingerprint density at radius 2 is 2.21 bits per heavy atom. The van der Waals surface area contributed by atoms with Crippen molar-refractivity contribution in [2.75, 3.05) is 26.2 Å². The number of nitrogens with zero attached hydrogens (tertiary/aromatic N) is 1. The lowest BCUT2D eigenvalue weighted by Crippen LogP contribution is -2.25. The van der Waals surface area contributed by atoms with Gasteiger partial charge >= 0.3 is 0 Å². The Balaban J connectivity index is 1.78. The summed E-state index contributed by atoms with van der Waals surface area (Å²) in [6.07, 6.45) is 3.18. The van der Waals surface area contributed by atoms with Crippen LogP contribution in [0.25, 0.3) is 0 Å². The summed E-state index contributed by atoms with van der Waals surface area (Å²) in [6.45, 7) is 5.80. The molecule has 3 heteroatoms. The van der Waals surface area contributed by atoms with Crippen molar-refractivity contribution in [1.29, 1.82) is 0 Å². The van der Waals surface area contributed by atoms with Crippen molar-refractivity contribution < 1.29 is 5.11 Å². The van der Waals surface area contributed by atoms with Crippen molar-refractivity contribution >= 4 is 0 Å². The first-order chi connectivity index (χ1) is 9.20. The number of aliphatic hydroxyl groups excluding tert-OH is 1. The summed E-state index contributed by atoms with van der Waals surface area (Å²) in [5.41, 5.74) is 8.86. The van der Waals surface area contributed by atoms with Crippen LogP contribution in [0.5, 0.6) is 0 Å². The molecule has 3 N–H and O–H groups in total. The SMILES string of the molecule is Cc1ccccc1C(N)CCN1CCC(CCO)C1. The first kappa shape index (κ1) is 14.5. The van der Waals surface area contributed by atoms with Crippen LogP contribution in [0.3, 0.4) is 0 Å². The minimum Gasteiger partial charge on any atom is -0.396 e. The Hall–Kier alpha value is -0.900. The zero-order valence-electron chi connectivity index (χ0n) is 11.9. The predicted octanol–water partition coefficient (Wildman–Crippen LogP) is 2.09. The van der Waals surface area contributed by atoms with Gasteiger partial charge in [-0.25, -0.2) is 0 Å². The molecule has 2 unspecified atom stereocenters. The van der Waals surface area contributed by atoms with Gasteiger partial charge in [-0.15, -0.1) is 0 Å². The fourth-order valence-electron chi connectivity index (χ4n) is 3.01. The Bertz CT molecular complexity index is 394. The van der Waals surface area contributed by atoms with Crippen LogP contribution in [0.4, 0.5) is 0 Å². The minimum atomic E-state index is 0.137. The average molecular weight is 262 g/mol. The molecule has 0 aromatic heterocycles. The monoisotopic (exact) mass is 262 g/mol. The van der Waals surface area contributed by atoms with E-state index in [1.54, 1.807) is 0 Å². The van der Waals surface area contributed by atoms with Gasteiger partial charge in [0.1, 0.15) is 0 Å². The van der Waals surface area contributed by atoms with Gasteiger partial charge in [-0.1, -0.05) is 24.3 Å². The van der Waals surface area contributed by atoms with Gasteiger partial charge in [0.25, 0.3) is 0 Å². The van der Waals surface area contributed by atoms with Crippen LogP contribution in [0.15, 0.2) is 24.3 Å². The highest BCUT2D eigenvalue weighted by molar-refractivity contribution is 5.28. The highest BCUT2D eigenvalue weighted by atomic mass is 16.3. The highest BCUT2D eigenvalue weighted by Crippen LogP contribution is 2.22. The van der Waals surface area contributed by atoms with Gasteiger partial charge in [0.2, 0.25) is 0 Å². The Labute approximate surface area is 116 Å². The van der Waals surface area contributed by atoms with Crippen LogP contribution >= 0.6 is 0 Å². The molecule has 1 aromatic carbocycles. The lowest BCUT2D eigenvalue weighted by Gasteiger charge is -2.20. The largest absolute Gasteiger partial charge is 0.396 e. The van der Waals surface area contributed by atoms with Crippen LogP contribution in [-0.2, 0) is 0 Å². The summed E-state index contributed by atoms with van der Waals surface area (Å²) in [5.74, 6) is 0.680. The summed E-state index contributed by atoms with van der Waals surface area (Å²) in [5, 5.41) is 8.97. The minimum absolute atomic E-state index is 0.137. The maximum Gasteiger partial charge on any atom is 0.0434 e. The van der Waals surface area contributed by atoms with E-state index in [1.807, 2.05) is 0 Å². The van der Waals surface area contributed by atoms with E-state index >= 15 is 0 Å². The fourth-order valence-corrected chi connectivity index (χ4v) is 3.01. The molecule has 1 heterocycles. The van der Waals surface area contributed by atoms with Crippen molar-refractivity contribution in [2.45, 2.75) is 32.2 Å². The molecule has 1 fully saturated rings. The summed E-state index contributed by atoms with van der Waals surface area (Å²) in [6, 6.07) is 8.53. The number of aliphatic hydroxyl groups is 1. The number of likely N-dealkylation sites (tertiary alicyclic amines) is 1. The number of hydrogen-bond acceptors (Lipinski definition) is 3. The number of hydrogen-bond donors (Lipinski definition) is 2. The average Bonchev–Trinajstić information content (AvgIpc) is 2.85. The molecule has 0 radical (unpaired) electrons. The first-order valence-electron chi connectivity index (χ1n) is 7.35. The third kappa shape index (κ3) is 4.03. The molecule has 1 aromatic rings. The zero-order valence-corrected chi connectivity index (χ0v) is 11.9. The number of benzene rings is 1. The van der Waals surface area contributed by atoms with E-state index in [0.717, 1.165) is 32.5 Å². The maximum absolute atomic E-state index is 8.97. The molecule has 1 aliphatic rings. The molecule has 0 aliphatic carbocycles. The zero-order chi connectivity index (χ0) is 13.7. The number of aryl methyl sites for hydroxylation is 1. The molecular weight excluding hydrogens is 236 g/mol. The third-order valence-corrected chi connectivity index (χ3v) is 4.25. The van der Waals surface area contributed by atoms with E-state index in [4.69, 9.17) is 10.8 Å². The summed E-state index contributed by atoms with van der Waals surface area (Å²) in [4.78, 5) is 2.48.